The molecule has 1 aromatic carbocycles. The van der Waals surface area contributed by atoms with Gasteiger partial charge in [0.05, 0.1) is 6.10 Å². The summed E-state index contributed by atoms with van der Waals surface area (Å²) in [6.07, 6.45) is 2.39. The van der Waals surface area contributed by atoms with E-state index in [9.17, 15) is 9.90 Å². The smallest absolute Gasteiger partial charge is 0.377 e. The van der Waals surface area contributed by atoms with Gasteiger partial charge in [0.25, 0.3) is 0 Å². The number of rotatable bonds is 9. The molecule has 0 aliphatic rings. The molecule has 21 heavy (non-hydrogen) atoms. The summed E-state index contributed by atoms with van der Waals surface area (Å²) in [5, 5.41) is 9.72. The second kappa shape index (κ2) is 8.03. The molecule has 0 fully saturated rings. The predicted octanol–water partition coefficient (Wildman–Crippen LogP) is 4.10. The van der Waals surface area contributed by atoms with Gasteiger partial charge in [0, 0.05) is 5.92 Å². The van der Waals surface area contributed by atoms with Gasteiger partial charge in [-0.15, -0.1) is 0 Å². The zero-order chi connectivity index (χ0) is 15.9. The fourth-order valence-corrected chi connectivity index (χ4v) is 2.20. The summed E-state index contributed by atoms with van der Waals surface area (Å²) < 4.78 is 11.7. The Labute approximate surface area is 127 Å². The SMILES string of the molecule is CCCC(CC)OC(Oc1ccccc1)(C(=O)O)C(C)C. The van der Waals surface area contributed by atoms with Crippen LogP contribution in [0.5, 0.6) is 5.75 Å². The van der Waals surface area contributed by atoms with Crippen molar-refractivity contribution in [2.24, 2.45) is 5.92 Å². The number of carboxylic acids is 1. The molecule has 0 aromatic heterocycles. The Morgan fingerprint density at radius 1 is 1.24 bits per heavy atom. The molecule has 0 aliphatic heterocycles. The molecule has 0 bridgehead atoms. The van der Waals surface area contributed by atoms with Crippen LogP contribution in [-0.2, 0) is 9.53 Å². The molecule has 0 heterocycles. The first-order valence-electron chi connectivity index (χ1n) is 7.61. The Hall–Kier alpha value is -1.55. The molecular weight excluding hydrogens is 268 g/mol. The zero-order valence-electron chi connectivity index (χ0n) is 13.3. The predicted molar refractivity (Wildman–Crippen MR) is 82.3 cm³/mol. The fraction of sp³-hybridized carbons (Fsp3) is 0.588. The van der Waals surface area contributed by atoms with Gasteiger partial charge in [0.2, 0.25) is 0 Å². The van der Waals surface area contributed by atoms with Crippen LogP contribution < -0.4 is 4.74 Å². The van der Waals surface area contributed by atoms with Gasteiger partial charge >= 0.3 is 11.8 Å². The normalized spacial score (nSPS) is 15.5. The maximum atomic E-state index is 11.9. The van der Waals surface area contributed by atoms with E-state index in [0.29, 0.717) is 5.75 Å². The van der Waals surface area contributed by atoms with Gasteiger partial charge in [-0.05, 0) is 25.0 Å². The molecule has 1 aromatic rings. The quantitative estimate of drug-likeness (QED) is 0.697. The number of carboxylic acid groups (broad SMARTS) is 1. The van der Waals surface area contributed by atoms with Crippen LogP contribution in [0, 0.1) is 5.92 Å². The topological polar surface area (TPSA) is 55.8 Å². The number of hydrogen-bond acceptors (Lipinski definition) is 3. The molecule has 0 saturated carbocycles. The van der Waals surface area contributed by atoms with Crippen molar-refractivity contribution in [3.63, 3.8) is 0 Å². The molecule has 2 unspecified atom stereocenters. The third-order valence-corrected chi connectivity index (χ3v) is 3.48. The van der Waals surface area contributed by atoms with Crippen LogP contribution in [0.1, 0.15) is 47.0 Å². The Balaban J connectivity index is 3.06. The van der Waals surface area contributed by atoms with Crippen LogP contribution in [0.2, 0.25) is 0 Å². The molecular formula is C17H26O4. The molecule has 0 spiro atoms. The van der Waals surface area contributed by atoms with Crippen LogP contribution >= 0.6 is 0 Å². The third kappa shape index (κ3) is 4.46. The Kier molecular flexibility index (Phi) is 6.69. The van der Waals surface area contributed by atoms with Crippen molar-refractivity contribution < 1.29 is 19.4 Å². The van der Waals surface area contributed by atoms with Gasteiger partial charge in [-0.2, -0.15) is 0 Å². The summed E-state index contributed by atoms with van der Waals surface area (Å²) in [6, 6.07) is 8.96. The highest BCUT2D eigenvalue weighted by molar-refractivity contribution is 5.76. The van der Waals surface area contributed by atoms with Crippen molar-refractivity contribution in [2.45, 2.75) is 58.8 Å². The maximum absolute atomic E-state index is 11.9. The average Bonchev–Trinajstić information content (AvgIpc) is 2.46. The van der Waals surface area contributed by atoms with Gasteiger partial charge in [-0.25, -0.2) is 4.79 Å². The van der Waals surface area contributed by atoms with E-state index in [-0.39, 0.29) is 12.0 Å². The van der Waals surface area contributed by atoms with Crippen molar-refractivity contribution in [1.29, 1.82) is 0 Å². The highest BCUT2D eigenvalue weighted by Crippen LogP contribution is 2.30. The lowest BCUT2D eigenvalue weighted by molar-refractivity contribution is -0.245. The van der Waals surface area contributed by atoms with Crippen molar-refractivity contribution in [3.05, 3.63) is 30.3 Å². The van der Waals surface area contributed by atoms with E-state index in [1.54, 1.807) is 26.0 Å². The number of benzene rings is 1. The van der Waals surface area contributed by atoms with Crippen LogP contribution in [0.3, 0.4) is 0 Å². The molecule has 4 nitrogen and oxygen atoms in total. The summed E-state index contributed by atoms with van der Waals surface area (Å²) in [7, 11) is 0. The second-order valence-electron chi connectivity index (χ2n) is 5.48. The molecule has 118 valence electrons. The lowest BCUT2D eigenvalue weighted by Crippen LogP contribution is -2.53. The Morgan fingerprint density at radius 2 is 1.86 bits per heavy atom. The van der Waals surface area contributed by atoms with Gasteiger partial charge in [-0.3, -0.25) is 0 Å². The molecule has 0 aliphatic carbocycles. The number of hydrogen-bond donors (Lipinski definition) is 1. The third-order valence-electron chi connectivity index (χ3n) is 3.48. The van der Waals surface area contributed by atoms with E-state index in [0.717, 1.165) is 19.3 Å². The average molecular weight is 294 g/mol. The van der Waals surface area contributed by atoms with Gasteiger partial charge in [-0.1, -0.05) is 52.3 Å². The van der Waals surface area contributed by atoms with E-state index in [1.807, 2.05) is 25.1 Å². The molecule has 1 rings (SSSR count). The first-order valence-corrected chi connectivity index (χ1v) is 7.61. The zero-order valence-corrected chi connectivity index (χ0v) is 13.3. The molecule has 0 amide bonds. The summed E-state index contributed by atoms with van der Waals surface area (Å²) in [5.74, 6) is -2.56. The summed E-state index contributed by atoms with van der Waals surface area (Å²) in [6.45, 7) is 7.66. The van der Waals surface area contributed by atoms with Crippen molar-refractivity contribution in [2.75, 3.05) is 0 Å². The minimum absolute atomic E-state index is 0.128. The highest BCUT2D eigenvalue weighted by atomic mass is 16.7. The standard InChI is InChI=1S/C17H26O4/c1-5-10-14(6-2)20-17(13(3)4,16(18)19)21-15-11-8-7-9-12-15/h7-9,11-14H,5-6,10H2,1-4H3,(H,18,19). The van der Waals surface area contributed by atoms with Crippen LogP contribution in [0.25, 0.3) is 0 Å². The van der Waals surface area contributed by atoms with E-state index >= 15 is 0 Å². The molecule has 0 radical (unpaired) electrons. The van der Waals surface area contributed by atoms with Crippen LogP contribution in [0.4, 0.5) is 0 Å². The largest absolute Gasteiger partial charge is 0.476 e. The summed E-state index contributed by atoms with van der Waals surface area (Å²) in [4.78, 5) is 11.9. The van der Waals surface area contributed by atoms with E-state index in [4.69, 9.17) is 9.47 Å². The lowest BCUT2D eigenvalue weighted by Gasteiger charge is -2.36. The van der Waals surface area contributed by atoms with Gasteiger partial charge in [0.15, 0.2) is 0 Å². The van der Waals surface area contributed by atoms with Crippen molar-refractivity contribution >= 4 is 5.97 Å². The minimum atomic E-state index is -1.66. The summed E-state index contributed by atoms with van der Waals surface area (Å²) in [5.41, 5.74) is 0. The molecule has 1 N–H and O–H groups in total. The van der Waals surface area contributed by atoms with E-state index in [1.165, 1.54) is 0 Å². The van der Waals surface area contributed by atoms with Crippen molar-refractivity contribution in [1.82, 2.24) is 0 Å². The monoisotopic (exact) mass is 294 g/mol. The van der Waals surface area contributed by atoms with Crippen LogP contribution in [-0.4, -0.2) is 23.0 Å². The first kappa shape index (κ1) is 17.5. The van der Waals surface area contributed by atoms with Gasteiger partial charge < -0.3 is 14.6 Å². The van der Waals surface area contributed by atoms with E-state index in [2.05, 4.69) is 6.92 Å². The van der Waals surface area contributed by atoms with Crippen molar-refractivity contribution in [3.8, 4) is 5.75 Å². The minimum Gasteiger partial charge on any atom is -0.476 e. The van der Waals surface area contributed by atoms with Crippen LogP contribution in [0.15, 0.2) is 30.3 Å². The first-order chi connectivity index (χ1) is 9.96. The molecule has 0 saturated heterocycles. The molecule has 4 heteroatoms. The number of ether oxygens (including phenoxy) is 2. The number of carbonyl (C=O) groups is 1. The number of para-hydroxylation sites is 1. The summed E-state index contributed by atoms with van der Waals surface area (Å²) >= 11 is 0. The Morgan fingerprint density at radius 3 is 2.29 bits per heavy atom. The maximum Gasteiger partial charge on any atom is 0.377 e. The van der Waals surface area contributed by atoms with E-state index < -0.39 is 11.8 Å². The Bertz CT molecular complexity index is 430. The van der Waals surface area contributed by atoms with Gasteiger partial charge in [0.1, 0.15) is 5.75 Å². The second-order valence-corrected chi connectivity index (χ2v) is 5.48. The number of aliphatic carboxylic acids is 1. The fourth-order valence-electron chi connectivity index (χ4n) is 2.20. The lowest BCUT2D eigenvalue weighted by atomic mass is 10.0. The molecule has 2 atom stereocenters. The highest BCUT2D eigenvalue weighted by Gasteiger charge is 2.47.